The van der Waals surface area contributed by atoms with Gasteiger partial charge in [0.15, 0.2) is 6.61 Å². The minimum Gasteiger partial charge on any atom is -0.478 e. The summed E-state index contributed by atoms with van der Waals surface area (Å²) < 4.78 is 5.20. The fraction of sp³-hybridized carbons (Fsp3) is 0.300. The second-order valence-electron chi connectivity index (χ2n) is 2.92. The summed E-state index contributed by atoms with van der Waals surface area (Å²) in [7, 11) is 0. The average molecular weight is 211 g/mol. The summed E-state index contributed by atoms with van der Waals surface area (Å²) in [5.41, 5.74) is 6.55. The van der Waals surface area contributed by atoms with Crippen LogP contribution >= 0.6 is 11.6 Å². The quantitative estimate of drug-likeness (QED) is 0.833. The summed E-state index contributed by atoms with van der Waals surface area (Å²) in [5.74, 6) is 0.617. The topological polar surface area (TPSA) is 59.0 Å². The number of nitrogens with zero attached hydrogens (tertiary/aromatic N) is 1. The van der Waals surface area contributed by atoms with Gasteiger partial charge in [-0.05, 0) is 25.1 Å². The standard InChI is InChI=1S/C10H11ClN2O/c1-7(13)9-6-8(11)2-3-10(9)14-5-4-12/h2-3,6-7H,5,13H2,1H3/t7-/m1/s1. The molecule has 14 heavy (non-hydrogen) atoms. The van der Waals surface area contributed by atoms with Crippen LogP contribution in [0.1, 0.15) is 18.5 Å². The predicted molar refractivity (Wildman–Crippen MR) is 55.2 cm³/mol. The Labute approximate surface area is 88.0 Å². The van der Waals surface area contributed by atoms with Gasteiger partial charge in [0.1, 0.15) is 11.8 Å². The molecule has 0 aliphatic rings. The Hall–Kier alpha value is -1.24. The molecule has 0 saturated carbocycles. The highest BCUT2D eigenvalue weighted by Crippen LogP contribution is 2.26. The Morgan fingerprint density at radius 1 is 1.64 bits per heavy atom. The van der Waals surface area contributed by atoms with Gasteiger partial charge in [-0.2, -0.15) is 5.26 Å². The molecular weight excluding hydrogens is 200 g/mol. The maximum absolute atomic E-state index is 8.38. The Morgan fingerprint density at radius 3 is 2.93 bits per heavy atom. The molecule has 0 heterocycles. The number of nitrogens with two attached hydrogens (primary N) is 1. The molecule has 0 aliphatic heterocycles. The molecule has 0 amide bonds. The zero-order valence-electron chi connectivity index (χ0n) is 7.83. The van der Waals surface area contributed by atoms with Crippen LogP contribution in [0, 0.1) is 11.3 Å². The van der Waals surface area contributed by atoms with Gasteiger partial charge in [0.2, 0.25) is 0 Å². The van der Waals surface area contributed by atoms with Crippen LogP contribution in [-0.4, -0.2) is 6.61 Å². The highest BCUT2D eigenvalue weighted by molar-refractivity contribution is 6.30. The number of ether oxygens (including phenoxy) is 1. The van der Waals surface area contributed by atoms with E-state index in [2.05, 4.69) is 0 Å². The monoisotopic (exact) mass is 210 g/mol. The first-order valence-corrected chi connectivity index (χ1v) is 4.57. The molecule has 1 aromatic rings. The van der Waals surface area contributed by atoms with Gasteiger partial charge in [-0.3, -0.25) is 0 Å². The first kappa shape index (κ1) is 10.8. The van der Waals surface area contributed by atoms with E-state index in [1.54, 1.807) is 18.2 Å². The zero-order chi connectivity index (χ0) is 10.6. The molecule has 0 bridgehead atoms. The summed E-state index contributed by atoms with van der Waals surface area (Å²) in [6.07, 6.45) is 0. The summed E-state index contributed by atoms with van der Waals surface area (Å²) in [4.78, 5) is 0. The van der Waals surface area contributed by atoms with Crippen LogP contribution in [0.3, 0.4) is 0 Å². The van der Waals surface area contributed by atoms with E-state index in [1.165, 1.54) is 0 Å². The predicted octanol–water partition coefficient (Wildman–Crippen LogP) is 2.26. The van der Waals surface area contributed by atoms with E-state index in [9.17, 15) is 0 Å². The van der Waals surface area contributed by atoms with Crippen molar-refractivity contribution in [2.45, 2.75) is 13.0 Å². The Kier molecular flexibility index (Phi) is 3.75. The lowest BCUT2D eigenvalue weighted by Crippen LogP contribution is -2.08. The van der Waals surface area contributed by atoms with Crippen LogP contribution in [-0.2, 0) is 0 Å². The summed E-state index contributed by atoms with van der Waals surface area (Å²) in [6.45, 7) is 1.85. The molecule has 4 heteroatoms. The van der Waals surface area contributed by atoms with Gasteiger partial charge in [-0.1, -0.05) is 11.6 Å². The second-order valence-corrected chi connectivity index (χ2v) is 3.35. The molecule has 3 nitrogen and oxygen atoms in total. The fourth-order valence-electron chi connectivity index (χ4n) is 1.12. The van der Waals surface area contributed by atoms with Gasteiger partial charge in [0.25, 0.3) is 0 Å². The van der Waals surface area contributed by atoms with Crippen LogP contribution in [0.25, 0.3) is 0 Å². The number of rotatable bonds is 3. The summed E-state index contributed by atoms with van der Waals surface area (Å²) >= 11 is 5.82. The van der Waals surface area contributed by atoms with Crippen molar-refractivity contribution in [1.82, 2.24) is 0 Å². The van der Waals surface area contributed by atoms with E-state index in [1.807, 2.05) is 13.0 Å². The van der Waals surface area contributed by atoms with E-state index >= 15 is 0 Å². The first-order chi connectivity index (χ1) is 6.65. The van der Waals surface area contributed by atoms with Crippen molar-refractivity contribution in [3.8, 4) is 11.8 Å². The lowest BCUT2D eigenvalue weighted by molar-refractivity contribution is 0.362. The second kappa shape index (κ2) is 4.85. The Bertz CT molecular complexity index is 358. The van der Waals surface area contributed by atoms with Gasteiger partial charge in [-0.15, -0.1) is 0 Å². The molecule has 0 saturated heterocycles. The fourth-order valence-corrected chi connectivity index (χ4v) is 1.30. The molecule has 0 radical (unpaired) electrons. The summed E-state index contributed by atoms with van der Waals surface area (Å²) in [6, 6.07) is 6.91. The van der Waals surface area contributed by atoms with Gasteiger partial charge in [0, 0.05) is 16.6 Å². The van der Waals surface area contributed by atoms with Crippen LogP contribution in [0.15, 0.2) is 18.2 Å². The zero-order valence-corrected chi connectivity index (χ0v) is 8.58. The highest BCUT2D eigenvalue weighted by atomic mass is 35.5. The number of hydrogen-bond acceptors (Lipinski definition) is 3. The van der Waals surface area contributed by atoms with E-state index in [-0.39, 0.29) is 12.6 Å². The van der Waals surface area contributed by atoms with Gasteiger partial charge < -0.3 is 10.5 Å². The van der Waals surface area contributed by atoms with Crippen molar-refractivity contribution in [3.63, 3.8) is 0 Å². The van der Waals surface area contributed by atoms with Crippen molar-refractivity contribution in [3.05, 3.63) is 28.8 Å². The minimum atomic E-state index is -0.164. The maximum Gasteiger partial charge on any atom is 0.174 e. The van der Waals surface area contributed by atoms with Crippen LogP contribution < -0.4 is 10.5 Å². The Morgan fingerprint density at radius 2 is 2.36 bits per heavy atom. The van der Waals surface area contributed by atoms with Crippen molar-refractivity contribution < 1.29 is 4.74 Å². The molecule has 0 fully saturated rings. The molecule has 0 aromatic heterocycles. The third kappa shape index (κ3) is 2.63. The molecule has 0 spiro atoms. The number of halogens is 1. The SMILES string of the molecule is C[C@@H](N)c1cc(Cl)ccc1OCC#N. The van der Waals surface area contributed by atoms with Crippen LogP contribution in [0.4, 0.5) is 0 Å². The molecule has 0 unspecified atom stereocenters. The smallest absolute Gasteiger partial charge is 0.174 e. The van der Waals surface area contributed by atoms with E-state index < -0.39 is 0 Å². The molecular formula is C10H11ClN2O. The van der Waals surface area contributed by atoms with E-state index in [0.29, 0.717) is 10.8 Å². The van der Waals surface area contributed by atoms with Crippen molar-refractivity contribution in [2.24, 2.45) is 5.73 Å². The normalized spacial score (nSPS) is 11.9. The van der Waals surface area contributed by atoms with Crippen LogP contribution in [0.5, 0.6) is 5.75 Å². The third-order valence-corrected chi connectivity index (χ3v) is 1.99. The lowest BCUT2D eigenvalue weighted by atomic mass is 10.1. The first-order valence-electron chi connectivity index (χ1n) is 4.20. The number of nitriles is 1. The largest absolute Gasteiger partial charge is 0.478 e. The number of benzene rings is 1. The van der Waals surface area contributed by atoms with Gasteiger partial charge >= 0.3 is 0 Å². The van der Waals surface area contributed by atoms with Crippen molar-refractivity contribution in [1.29, 1.82) is 5.26 Å². The Balaban J connectivity index is 2.97. The van der Waals surface area contributed by atoms with E-state index in [4.69, 9.17) is 27.3 Å². The maximum atomic E-state index is 8.38. The van der Waals surface area contributed by atoms with Gasteiger partial charge in [0.05, 0.1) is 0 Å². The third-order valence-electron chi connectivity index (χ3n) is 1.75. The van der Waals surface area contributed by atoms with Crippen molar-refractivity contribution in [2.75, 3.05) is 6.61 Å². The van der Waals surface area contributed by atoms with Gasteiger partial charge in [-0.25, -0.2) is 0 Å². The molecule has 1 aromatic carbocycles. The minimum absolute atomic E-state index is 0.0152. The average Bonchev–Trinajstić information content (AvgIpc) is 2.15. The molecule has 74 valence electrons. The lowest BCUT2D eigenvalue weighted by Gasteiger charge is -2.12. The molecule has 0 aliphatic carbocycles. The molecule has 1 atom stereocenters. The molecule has 2 N–H and O–H groups in total. The van der Waals surface area contributed by atoms with E-state index in [0.717, 1.165) is 5.56 Å². The highest BCUT2D eigenvalue weighted by Gasteiger charge is 2.08. The number of hydrogen-bond donors (Lipinski definition) is 1. The van der Waals surface area contributed by atoms with Crippen molar-refractivity contribution >= 4 is 11.6 Å². The van der Waals surface area contributed by atoms with Crippen LogP contribution in [0.2, 0.25) is 5.02 Å². The molecule has 1 rings (SSSR count). The summed E-state index contributed by atoms with van der Waals surface area (Å²) in [5, 5.41) is 8.99.